The fraction of sp³-hybridized carbons (Fsp3) is 0.263. The van der Waals surface area contributed by atoms with E-state index in [-0.39, 0.29) is 16.9 Å². The van der Waals surface area contributed by atoms with Crippen LogP contribution in [0.2, 0.25) is 5.02 Å². The predicted molar refractivity (Wildman–Crippen MR) is 99.4 cm³/mol. The second-order valence-electron chi connectivity index (χ2n) is 6.29. The zero-order chi connectivity index (χ0) is 19.8. The summed E-state index contributed by atoms with van der Waals surface area (Å²) >= 11 is 5.91. The number of carbonyl (C=O) groups excluding carboxylic acids is 1. The molecular formula is C19H16ClF2NO3S. The number of sulfone groups is 1. The lowest BCUT2D eigenvalue weighted by Crippen LogP contribution is -2.14. The molecule has 0 unspecified atom stereocenters. The lowest BCUT2D eigenvalue weighted by atomic mass is 9.97. The molecule has 0 saturated carbocycles. The first-order chi connectivity index (χ1) is 12.7. The van der Waals surface area contributed by atoms with Crippen LogP contribution in [0.5, 0.6) is 0 Å². The van der Waals surface area contributed by atoms with Crippen LogP contribution in [0.3, 0.4) is 0 Å². The van der Waals surface area contributed by atoms with Gasteiger partial charge in [0, 0.05) is 29.3 Å². The predicted octanol–water partition coefficient (Wildman–Crippen LogP) is 4.16. The number of nitrogens with zero attached hydrogens (tertiary/aromatic N) is 1. The van der Waals surface area contributed by atoms with Crippen molar-refractivity contribution in [1.82, 2.24) is 4.98 Å². The smallest absolute Gasteiger partial charge is 0.199 e. The highest BCUT2D eigenvalue weighted by molar-refractivity contribution is 7.90. The molecule has 1 heterocycles. The lowest BCUT2D eigenvalue weighted by molar-refractivity contribution is 0.104. The number of hydrogen-bond donors (Lipinski definition) is 0. The summed E-state index contributed by atoms with van der Waals surface area (Å²) in [5.41, 5.74) is 0.126. The highest BCUT2D eigenvalue weighted by Crippen LogP contribution is 2.32. The summed E-state index contributed by atoms with van der Waals surface area (Å²) < 4.78 is 53.2. The van der Waals surface area contributed by atoms with E-state index in [1.807, 2.05) is 0 Å². The van der Waals surface area contributed by atoms with E-state index in [4.69, 9.17) is 11.6 Å². The SMILES string of the molecule is CCCS(=O)(=O)Cc1ccc(F)c(C(=O)C2=CCc3ncc(Cl)cc32)c1F. The fourth-order valence-electron chi connectivity index (χ4n) is 3.06. The van der Waals surface area contributed by atoms with Gasteiger partial charge in [0.1, 0.15) is 11.6 Å². The Hall–Kier alpha value is -2.12. The van der Waals surface area contributed by atoms with Gasteiger partial charge in [0.05, 0.1) is 27.8 Å². The molecule has 1 aliphatic carbocycles. The number of Topliss-reactive ketones (excluding diaryl/α,β-unsaturated/α-hetero) is 1. The van der Waals surface area contributed by atoms with Crippen molar-refractivity contribution < 1.29 is 22.0 Å². The standard InChI is InChI=1S/C19H16ClF2NO3S/c1-2-7-27(25,26)10-11-3-5-15(21)17(18(11)22)19(24)13-4-6-16-14(13)8-12(20)9-23-16/h3-5,8-9H,2,6-7,10H2,1H3. The van der Waals surface area contributed by atoms with Gasteiger partial charge >= 0.3 is 0 Å². The van der Waals surface area contributed by atoms with E-state index < -0.39 is 38.6 Å². The first-order valence-corrected chi connectivity index (χ1v) is 10.5. The number of pyridine rings is 1. The normalized spacial score (nSPS) is 13.4. The number of halogens is 3. The molecule has 4 nitrogen and oxygen atoms in total. The van der Waals surface area contributed by atoms with Gasteiger partial charge in [-0.1, -0.05) is 30.7 Å². The summed E-state index contributed by atoms with van der Waals surface area (Å²) in [6.07, 6.45) is 3.70. The Labute approximate surface area is 160 Å². The largest absolute Gasteiger partial charge is 0.288 e. The van der Waals surface area contributed by atoms with Gasteiger partial charge in [0.15, 0.2) is 15.6 Å². The van der Waals surface area contributed by atoms with Crippen LogP contribution in [-0.2, 0) is 22.0 Å². The Bertz CT molecular complexity index is 1060. The molecule has 3 rings (SSSR count). The number of rotatable bonds is 6. The first kappa shape index (κ1) is 19.6. The Balaban J connectivity index is 2.02. The maximum Gasteiger partial charge on any atom is 0.199 e. The van der Waals surface area contributed by atoms with Gasteiger partial charge < -0.3 is 0 Å². The zero-order valence-electron chi connectivity index (χ0n) is 14.4. The van der Waals surface area contributed by atoms with Crippen LogP contribution in [0.4, 0.5) is 8.78 Å². The number of aromatic nitrogens is 1. The van der Waals surface area contributed by atoms with Gasteiger partial charge in [-0.2, -0.15) is 0 Å². The summed E-state index contributed by atoms with van der Waals surface area (Å²) in [5.74, 6) is -3.75. The average molecular weight is 412 g/mol. The number of allylic oxidation sites excluding steroid dienone is 2. The molecule has 0 fully saturated rings. The van der Waals surface area contributed by atoms with Crippen molar-refractivity contribution in [2.45, 2.75) is 25.5 Å². The Morgan fingerprint density at radius 2 is 2.04 bits per heavy atom. The molecule has 0 saturated heterocycles. The number of carbonyl (C=O) groups is 1. The van der Waals surface area contributed by atoms with Gasteiger partial charge in [-0.05, 0) is 18.6 Å². The molecule has 0 aliphatic heterocycles. The van der Waals surface area contributed by atoms with Crippen LogP contribution in [0, 0.1) is 11.6 Å². The molecule has 27 heavy (non-hydrogen) atoms. The highest BCUT2D eigenvalue weighted by atomic mass is 35.5. The highest BCUT2D eigenvalue weighted by Gasteiger charge is 2.29. The van der Waals surface area contributed by atoms with Crippen LogP contribution in [0.1, 0.15) is 40.5 Å². The van der Waals surface area contributed by atoms with E-state index in [0.717, 1.165) is 12.1 Å². The molecule has 142 valence electrons. The van der Waals surface area contributed by atoms with Crippen molar-refractivity contribution in [1.29, 1.82) is 0 Å². The minimum atomic E-state index is -3.55. The van der Waals surface area contributed by atoms with E-state index in [1.165, 1.54) is 18.3 Å². The molecule has 1 aromatic heterocycles. The van der Waals surface area contributed by atoms with Crippen molar-refractivity contribution in [3.8, 4) is 0 Å². The molecule has 0 amide bonds. The van der Waals surface area contributed by atoms with Crippen LogP contribution in [0.15, 0.2) is 30.5 Å². The topological polar surface area (TPSA) is 64.1 Å². The number of hydrogen-bond acceptors (Lipinski definition) is 4. The van der Waals surface area contributed by atoms with E-state index in [2.05, 4.69) is 4.98 Å². The minimum absolute atomic E-state index is 0.103. The van der Waals surface area contributed by atoms with E-state index in [9.17, 15) is 22.0 Å². The van der Waals surface area contributed by atoms with Gasteiger partial charge in [-0.25, -0.2) is 17.2 Å². The van der Waals surface area contributed by atoms with Gasteiger partial charge in [-0.15, -0.1) is 0 Å². The van der Waals surface area contributed by atoms with Gasteiger partial charge in [0.2, 0.25) is 0 Å². The van der Waals surface area contributed by atoms with E-state index in [1.54, 1.807) is 6.92 Å². The summed E-state index contributed by atoms with van der Waals surface area (Å²) in [7, 11) is -3.55. The van der Waals surface area contributed by atoms with Crippen molar-refractivity contribution in [2.75, 3.05) is 5.75 Å². The second-order valence-corrected chi connectivity index (χ2v) is 8.91. The molecule has 0 spiro atoms. The van der Waals surface area contributed by atoms with Crippen molar-refractivity contribution in [3.05, 3.63) is 69.5 Å². The molecule has 2 aromatic rings. The molecular weight excluding hydrogens is 396 g/mol. The van der Waals surface area contributed by atoms with Crippen molar-refractivity contribution in [3.63, 3.8) is 0 Å². The molecule has 1 aliphatic rings. The molecule has 8 heteroatoms. The Kier molecular flexibility index (Phi) is 5.44. The third-order valence-electron chi connectivity index (χ3n) is 4.26. The monoisotopic (exact) mass is 411 g/mol. The maximum atomic E-state index is 14.9. The number of benzene rings is 1. The van der Waals surface area contributed by atoms with Crippen molar-refractivity contribution >= 4 is 32.8 Å². The zero-order valence-corrected chi connectivity index (χ0v) is 16.0. The minimum Gasteiger partial charge on any atom is -0.288 e. The molecule has 0 atom stereocenters. The second kappa shape index (κ2) is 7.48. The molecule has 0 N–H and O–H groups in total. The summed E-state index contributed by atoms with van der Waals surface area (Å²) in [5, 5.41) is 0.301. The summed E-state index contributed by atoms with van der Waals surface area (Å²) in [4.78, 5) is 17.0. The van der Waals surface area contributed by atoms with Crippen LogP contribution in [-0.4, -0.2) is 24.9 Å². The summed E-state index contributed by atoms with van der Waals surface area (Å²) in [6, 6.07) is 3.50. The van der Waals surface area contributed by atoms with E-state index in [0.29, 0.717) is 29.1 Å². The fourth-order valence-corrected chi connectivity index (χ4v) is 4.68. The maximum absolute atomic E-state index is 14.9. The van der Waals surface area contributed by atoms with Crippen molar-refractivity contribution in [2.24, 2.45) is 0 Å². The van der Waals surface area contributed by atoms with Gasteiger partial charge in [-0.3, -0.25) is 9.78 Å². The quantitative estimate of drug-likeness (QED) is 0.669. The number of fused-ring (bicyclic) bond motifs is 1. The van der Waals surface area contributed by atoms with Gasteiger partial charge in [0.25, 0.3) is 0 Å². The van der Waals surface area contributed by atoms with E-state index >= 15 is 0 Å². The Morgan fingerprint density at radius 3 is 2.74 bits per heavy atom. The first-order valence-electron chi connectivity index (χ1n) is 8.30. The van der Waals surface area contributed by atoms with Crippen LogP contribution >= 0.6 is 11.6 Å². The van der Waals surface area contributed by atoms with Crippen LogP contribution in [0.25, 0.3) is 5.57 Å². The average Bonchev–Trinajstić information content (AvgIpc) is 3.00. The lowest BCUT2D eigenvalue weighted by Gasteiger charge is -2.11. The Morgan fingerprint density at radius 1 is 1.30 bits per heavy atom. The molecule has 0 bridgehead atoms. The molecule has 1 aromatic carbocycles. The third-order valence-corrected chi connectivity index (χ3v) is 6.25. The molecule has 0 radical (unpaired) electrons. The number of ketones is 1. The van der Waals surface area contributed by atoms with Crippen LogP contribution < -0.4 is 0 Å². The summed E-state index contributed by atoms with van der Waals surface area (Å²) in [6.45, 7) is 1.69. The third kappa shape index (κ3) is 3.94.